The Morgan fingerprint density at radius 1 is 0.710 bits per heavy atom. The summed E-state index contributed by atoms with van der Waals surface area (Å²) in [6.45, 7) is 2.09. The number of benzene rings is 4. The maximum atomic E-state index is 13.4. The van der Waals surface area contributed by atoms with Crippen LogP contribution in [0.15, 0.2) is 109 Å². The van der Waals surface area contributed by atoms with Gasteiger partial charge in [0.2, 0.25) is 0 Å². The molecule has 0 radical (unpaired) electrons. The van der Waals surface area contributed by atoms with Crippen molar-refractivity contribution in [3.8, 4) is 0 Å². The van der Waals surface area contributed by atoms with Crippen molar-refractivity contribution in [2.45, 2.75) is 25.8 Å². The Morgan fingerprint density at radius 3 is 2.06 bits per heavy atom. The Balaban J connectivity index is 1.60. The van der Waals surface area contributed by atoms with Crippen LogP contribution in [0.25, 0.3) is 0 Å². The Morgan fingerprint density at radius 2 is 1.32 bits per heavy atom. The van der Waals surface area contributed by atoms with Gasteiger partial charge < -0.3 is 5.32 Å². The predicted molar refractivity (Wildman–Crippen MR) is 127 cm³/mol. The van der Waals surface area contributed by atoms with E-state index in [2.05, 4.69) is 66.8 Å². The van der Waals surface area contributed by atoms with E-state index < -0.39 is 0 Å². The number of hydrogen-bond donors (Lipinski definition) is 1. The van der Waals surface area contributed by atoms with E-state index in [1.165, 1.54) is 5.56 Å². The highest BCUT2D eigenvalue weighted by molar-refractivity contribution is 5.96. The maximum Gasteiger partial charge on any atom is 0.252 e. The molecule has 1 N–H and O–H groups in total. The van der Waals surface area contributed by atoms with Gasteiger partial charge in [0, 0.05) is 5.56 Å². The zero-order valence-electron chi connectivity index (χ0n) is 17.8. The number of nitrogens with one attached hydrogen (secondary N) is 1. The van der Waals surface area contributed by atoms with Gasteiger partial charge in [-0.15, -0.1) is 0 Å². The van der Waals surface area contributed by atoms with Crippen LogP contribution in [0.5, 0.6) is 0 Å². The highest BCUT2D eigenvalue weighted by atomic mass is 16.1. The van der Waals surface area contributed by atoms with E-state index in [0.717, 1.165) is 40.7 Å². The third kappa shape index (κ3) is 5.10. The molecule has 0 aliphatic heterocycles. The smallest absolute Gasteiger partial charge is 0.252 e. The van der Waals surface area contributed by atoms with Crippen LogP contribution in [-0.4, -0.2) is 5.91 Å². The Hall–Kier alpha value is -3.65. The lowest BCUT2D eigenvalue weighted by Gasteiger charge is -2.22. The number of carbonyl (C=O) groups is 1. The summed E-state index contributed by atoms with van der Waals surface area (Å²) in [6.07, 6.45) is 1.74. The quantitative estimate of drug-likeness (QED) is 0.384. The van der Waals surface area contributed by atoms with Crippen molar-refractivity contribution >= 4 is 5.91 Å². The van der Waals surface area contributed by atoms with Gasteiger partial charge in [0.05, 0.1) is 6.04 Å². The summed E-state index contributed by atoms with van der Waals surface area (Å²) >= 11 is 0. The molecule has 0 aromatic heterocycles. The monoisotopic (exact) mass is 405 g/mol. The summed E-state index contributed by atoms with van der Waals surface area (Å²) in [7, 11) is 0. The van der Waals surface area contributed by atoms with Gasteiger partial charge in [-0.2, -0.15) is 0 Å². The van der Waals surface area contributed by atoms with Gasteiger partial charge in [0.25, 0.3) is 5.91 Å². The molecule has 4 aromatic carbocycles. The third-order valence-corrected chi connectivity index (χ3v) is 5.70. The minimum atomic E-state index is -0.197. The molecule has 0 spiro atoms. The zero-order valence-corrected chi connectivity index (χ0v) is 17.8. The van der Waals surface area contributed by atoms with Crippen molar-refractivity contribution in [2.24, 2.45) is 0 Å². The highest BCUT2D eigenvalue weighted by Crippen LogP contribution is 2.26. The van der Waals surface area contributed by atoms with Gasteiger partial charge in [0.1, 0.15) is 0 Å². The van der Waals surface area contributed by atoms with Gasteiger partial charge in [-0.05, 0) is 53.6 Å². The van der Waals surface area contributed by atoms with Crippen molar-refractivity contribution < 1.29 is 4.79 Å². The van der Waals surface area contributed by atoms with Crippen molar-refractivity contribution in [1.82, 2.24) is 5.32 Å². The summed E-state index contributed by atoms with van der Waals surface area (Å²) in [5, 5.41) is 3.31. The Bertz CT molecular complexity index is 1140. The molecule has 0 fully saturated rings. The van der Waals surface area contributed by atoms with Crippen LogP contribution in [0.3, 0.4) is 0 Å². The fourth-order valence-electron chi connectivity index (χ4n) is 3.99. The average molecular weight is 406 g/mol. The standard InChI is InChI=1S/C29H27NO/c1-22-12-8-10-18-26(22)28(25-16-6-3-7-17-25)30-29(31)27-19-11-9-15-24(27)21-20-23-13-4-2-5-14-23/h2-19,28H,20-21H2,1H3,(H,30,31)/t28-/m1/s1. The van der Waals surface area contributed by atoms with Gasteiger partial charge in [-0.25, -0.2) is 0 Å². The van der Waals surface area contributed by atoms with Crippen molar-refractivity contribution in [2.75, 3.05) is 0 Å². The van der Waals surface area contributed by atoms with Crippen molar-refractivity contribution in [3.63, 3.8) is 0 Å². The van der Waals surface area contributed by atoms with Gasteiger partial charge in [-0.1, -0.05) is 103 Å². The first-order chi connectivity index (χ1) is 15.2. The van der Waals surface area contributed by atoms with Crippen LogP contribution in [-0.2, 0) is 12.8 Å². The molecule has 0 aliphatic rings. The van der Waals surface area contributed by atoms with E-state index in [1.54, 1.807) is 0 Å². The highest BCUT2D eigenvalue weighted by Gasteiger charge is 2.20. The van der Waals surface area contributed by atoms with Gasteiger partial charge >= 0.3 is 0 Å². The second-order valence-electron chi connectivity index (χ2n) is 7.82. The lowest BCUT2D eigenvalue weighted by atomic mass is 9.94. The van der Waals surface area contributed by atoms with Crippen LogP contribution in [0.2, 0.25) is 0 Å². The largest absolute Gasteiger partial charge is 0.341 e. The van der Waals surface area contributed by atoms with Gasteiger partial charge in [0.15, 0.2) is 0 Å². The molecule has 4 rings (SSSR count). The van der Waals surface area contributed by atoms with E-state index in [1.807, 2.05) is 54.6 Å². The lowest BCUT2D eigenvalue weighted by molar-refractivity contribution is 0.0942. The summed E-state index contributed by atoms with van der Waals surface area (Å²) < 4.78 is 0. The fraction of sp³-hybridized carbons (Fsp3) is 0.138. The van der Waals surface area contributed by atoms with Crippen molar-refractivity contribution in [3.05, 3.63) is 143 Å². The molecule has 2 nitrogen and oxygen atoms in total. The predicted octanol–water partition coefficient (Wildman–Crippen LogP) is 6.30. The molecule has 31 heavy (non-hydrogen) atoms. The molecule has 0 heterocycles. The molecular formula is C29H27NO. The van der Waals surface area contributed by atoms with Gasteiger partial charge in [-0.3, -0.25) is 4.79 Å². The summed E-state index contributed by atoms with van der Waals surface area (Å²) in [5.74, 6) is -0.0410. The molecule has 0 bridgehead atoms. The Labute approximate surface area is 184 Å². The second-order valence-corrected chi connectivity index (χ2v) is 7.82. The first-order valence-electron chi connectivity index (χ1n) is 10.8. The van der Waals surface area contributed by atoms with E-state index in [9.17, 15) is 4.79 Å². The third-order valence-electron chi connectivity index (χ3n) is 5.70. The normalized spacial score (nSPS) is 11.6. The first kappa shape index (κ1) is 20.6. The molecule has 1 atom stereocenters. The lowest BCUT2D eigenvalue weighted by Crippen LogP contribution is -2.30. The van der Waals surface area contributed by atoms with E-state index >= 15 is 0 Å². The van der Waals surface area contributed by atoms with Crippen LogP contribution in [0.1, 0.15) is 44.2 Å². The molecular weight excluding hydrogens is 378 g/mol. The number of amides is 1. The van der Waals surface area contributed by atoms with Crippen LogP contribution in [0, 0.1) is 6.92 Å². The molecule has 0 unspecified atom stereocenters. The van der Waals surface area contributed by atoms with Crippen LogP contribution < -0.4 is 5.32 Å². The van der Waals surface area contributed by atoms with E-state index in [4.69, 9.17) is 0 Å². The molecule has 0 saturated carbocycles. The number of aryl methyl sites for hydroxylation is 3. The fourth-order valence-corrected chi connectivity index (χ4v) is 3.99. The molecule has 2 heteroatoms. The Kier molecular flexibility index (Phi) is 6.59. The minimum Gasteiger partial charge on any atom is -0.341 e. The van der Waals surface area contributed by atoms with Crippen molar-refractivity contribution in [1.29, 1.82) is 0 Å². The number of carbonyl (C=O) groups excluding carboxylic acids is 1. The summed E-state index contributed by atoms with van der Waals surface area (Å²) in [6, 6.07) is 36.5. The molecule has 0 saturated heterocycles. The molecule has 0 aliphatic carbocycles. The molecule has 1 amide bonds. The maximum absolute atomic E-state index is 13.4. The number of hydrogen-bond acceptors (Lipinski definition) is 1. The van der Waals surface area contributed by atoms with Crippen LogP contribution >= 0.6 is 0 Å². The van der Waals surface area contributed by atoms with E-state index in [0.29, 0.717) is 0 Å². The summed E-state index contributed by atoms with van der Waals surface area (Å²) in [4.78, 5) is 13.4. The second kappa shape index (κ2) is 9.90. The molecule has 154 valence electrons. The van der Waals surface area contributed by atoms with E-state index in [-0.39, 0.29) is 11.9 Å². The SMILES string of the molecule is Cc1ccccc1[C@H](NC(=O)c1ccccc1CCc1ccccc1)c1ccccc1. The molecule has 4 aromatic rings. The zero-order chi connectivity index (χ0) is 21.5. The average Bonchev–Trinajstić information content (AvgIpc) is 2.83. The topological polar surface area (TPSA) is 29.1 Å². The number of rotatable bonds is 7. The first-order valence-corrected chi connectivity index (χ1v) is 10.8. The summed E-state index contributed by atoms with van der Waals surface area (Å²) in [5.41, 5.74) is 6.44. The van der Waals surface area contributed by atoms with Crippen LogP contribution in [0.4, 0.5) is 0 Å². The minimum absolute atomic E-state index is 0.0410.